The Morgan fingerprint density at radius 1 is 1.04 bits per heavy atom. The summed E-state index contributed by atoms with van der Waals surface area (Å²) in [5.74, 6) is 0.736. The zero-order chi connectivity index (χ0) is 19.3. The molecule has 1 atom stereocenters. The minimum Gasteiger partial charge on any atom is -0.494 e. The Morgan fingerprint density at radius 2 is 1.78 bits per heavy atom. The summed E-state index contributed by atoms with van der Waals surface area (Å²) in [6, 6.07) is 13.1. The summed E-state index contributed by atoms with van der Waals surface area (Å²) in [6.07, 6.45) is -3.39. The molecule has 6 heteroatoms. The van der Waals surface area contributed by atoms with Gasteiger partial charge in [0.25, 0.3) is 0 Å². The number of rotatable bonds is 5. The number of halogens is 3. The molecule has 0 saturated carbocycles. The van der Waals surface area contributed by atoms with E-state index in [2.05, 4.69) is 10.2 Å². The van der Waals surface area contributed by atoms with Crippen molar-refractivity contribution in [3.05, 3.63) is 65.2 Å². The Morgan fingerprint density at radius 3 is 2.52 bits per heavy atom. The Balaban J connectivity index is 2.03. The van der Waals surface area contributed by atoms with Gasteiger partial charge in [0.2, 0.25) is 0 Å². The summed E-state index contributed by atoms with van der Waals surface area (Å²) in [5, 5.41) is 3.36. The number of hydrogen-bond donors (Lipinski definition) is 1. The first kappa shape index (κ1) is 19.7. The second kappa shape index (κ2) is 8.76. The molecule has 1 saturated heterocycles. The minimum absolute atomic E-state index is 0.243. The van der Waals surface area contributed by atoms with Gasteiger partial charge in [-0.1, -0.05) is 24.3 Å². The molecule has 1 unspecified atom stereocenters. The predicted octanol–water partition coefficient (Wildman–Crippen LogP) is 4.49. The molecule has 0 aliphatic carbocycles. The molecular weight excluding hydrogens is 353 g/mol. The van der Waals surface area contributed by atoms with Gasteiger partial charge in [-0.05, 0) is 55.3 Å². The number of nitrogens with one attached hydrogen (secondary N) is 1. The maximum Gasteiger partial charge on any atom is 0.416 e. The first-order valence-electron chi connectivity index (χ1n) is 9.33. The van der Waals surface area contributed by atoms with Crippen LogP contribution in [0.25, 0.3) is 0 Å². The van der Waals surface area contributed by atoms with Gasteiger partial charge in [0, 0.05) is 19.6 Å². The first-order chi connectivity index (χ1) is 13.0. The number of hydrogen-bond acceptors (Lipinski definition) is 3. The first-order valence-corrected chi connectivity index (χ1v) is 9.33. The van der Waals surface area contributed by atoms with Gasteiger partial charge >= 0.3 is 6.18 Å². The molecule has 1 heterocycles. The molecule has 0 bridgehead atoms. The molecule has 27 heavy (non-hydrogen) atoms. The van der Waals surface area contributed by atoms with Gasteiger partial charge in [0.15, 0.2) is 0 Å². The third-order valence-electron chi connectivity index (χ3n) is 4.75. The molecule has 2 aromatic rings. The lowest BCUT2D eigenvalue weighted by molar-refractivity contribution is -0.137. The second-order valence-corrected chi connectivity index (χ2v) is 6.67. The highest BCUT2D eigenvalue weighted by atomic mass is 19.4. The lowest BCUT2D eigenvalue weighted by Crippen LogP contribution is -2.33. The summed E-state index contributed by atoms with van der Waals surface area (Å²) >= 11 is 0. The molecule has 1 fully saturated rings. The number of alkyl halides is 3. The fourth-order valence-corrected chi connectivity index (χ4v) is 3.57. The van der Waals surface area contributed by atoms with Crippen molar-refractivity contribution in [2.75, 3.05) is 32.8 Å². The van der Waals surface area contributed by atoms with E-state index in [-0.39, 0.29) is 6.04 Å². The molecule has 0 spiro atoms. The van der Waals surface area contributed by atoms with Crippen LogP contribution in [0.3, 0.4) is 0 Å². The second-order valence-electron chi connectivity index (χ2n) is 6.67. The van der Waals surface area contributed by atoms with Gasteiger partial charge in [-0.2, -0.15) is 13.2 Å². The van der Waals surface area contributed by atoms with Crippen LogP contribution in [-0.2, 0) is 6.18 Å². The van der Waals surface area contributed by atoms with Gasteiger partial charge in [0.05, 0.1) is 18.2 Å². The normalized spacial score (nSPS) is 17.3. The molecular formula is C21H25F3N2O. The van der Waals surface area contributed by atoms with E-state index < -0.39 is 11.7 Å². The lowest BCUT2D eigenvalue weighted by atomic mass is 9.95. The van der Waals surface area contributed by atoms with Gasteiger partial charge in [0.1, 0.15) is 5.75 Å². The minimum atomic E-state index is -4.35. The topological polar surface area (TPSA) is 24.5 Å². The smallest absolute Gasteiger partial charge is 0.416 e. The van der Waals surface area contributed by atoms with Crippen molar-refractivity contribution in [2.45, 2.75) is 25.6 Å². The van der Waals surface area contributed by atoms with Crippen molar-refractivity contribution in [3.63, 3.8) is 0 Å². The molecule has 0 radical (unpaired) electrons. The summed E-state index contributed by atoms with van der Waals surface area (Å²) in [6.45, 7) is 5.81. The summed E-state index contributed by atoms with van der Waals surface area (Å²) in [4.78, 5) is 2.25. The highest BCUT2D eigenvalue weighted by molar-refractivity contribution is 5.39. The Bertz CT molecular complexity index is 740. The van der Waals surface area contributed by atoms with Crippen LogP contribution in [0.5, 0.6) is 5.75 Å². The van der Waals surface area contributed by atoms with Crippen LogP contribution < -0.4 is 10.1 Å². The van der Waals surface area contributed by atoms with Crippen LogP contribution in [0.15, 0.2) is 48.5 Å². The highest BCUT2D eigenvalue weighted by Crippen LogP contribution is 2.35. The van der Waals surface area contributed by atoms with Crippen molar-refractivity contribution in [1.29, 1.82) is 0 Å². The van der Waals surface area contributed by atoms with Crippen LogP contribution in [-0.4, -0.2) is 37.7 Å². The standard InChI is InChI=1S/C21H25F3N2O/c1-2-27-19-9-4-7-17(15-19)20(26-12-5-10-25-11-13-26)16-6-3-8-18(14-16)21(22,23)24/h3-4,6-9,14-15,20,25H,2,5,10-13H2,1H3. The molecule has 1 aliphatic heterocycles. The Labute approximate surface area is 158 Å². The summed E-state index contributed by atoms with van der Waals surface area (Å²) < 4.78 is 45.4. The number of ether oxygens (including phenoxy) is 1. The molecule has 1 N–H and O–H groups in total. The lowest BCUT2D eigenvalue weighted by Gasteiger charge is -2.32. The number of benzene rings is 2. The van der Waals surface area contributed by atoms with Crippen LogP contribution >= 0.6 is 0 Å². The third kappa shape index (κ3) is 5.02. The van der Waals surface area contributed by atoms with E-state index in [1.165, 1.54) is 12.1 Å². The molecule has 3 nitrogen and oxygen atoms in total. The van der Waals surface area contributed by atoms with Gasteiger partial charge in [-0.3, -0.25) is 4.90 Å². The van der Waals surface area contributed by atoms with Crippen LogP contribution in [0, 0.1) is 0 Å². The molecule has 0 aromatic heterocycles. The molecule has 1 aliphatic rings. The van der Waals surface area contributed by atoms with Crippen molar-refractivity contribution < 1.29 is 17.9 Å². The van der Waals surface area contributed by atoms with Gasteiger partial charge < -0.3 is 10.1 Å². The largest absolute Gasteiger partial charge is 0.494 e. The Hall–Kier alpha value is -2.05. The van der Waals surface area contributed by atoms with E-state index >= 15 is 0 Å². The third-order valence-corrected chi connectivity index (χ3v) is 4.75. The Kier molecular flexibility index (Phi) is 6.39. The summed E-state index contributed by atoms with van der Waals surface area (Å²) in [7, 11) is 0. The maximum atomic E-state index is 13.3. The van der Waals surface area contributed by atoms with Crippen molar-refractivity contribution in [1.82, 2.24) is 10.2 Å². The van der Waals surface area contributed by atoms with E-state index in [4.69, 9.17) is 4.74 Å². The van der Waals surface area contributed by atoms with E-state index in [9.17, 15) is 13.2 Å². The fourth-order valence-electron chi connectivity index (χ4n) is 3.57. The van der Waals surface area contributed by atoms with Crippen LogP contribution in [0.4, 0.5) is 13.2 Å². The van der Waals surface area contributed by atoms with Crippen molar-refractivity contribution in [3.8, 4) is 5.75 Å². The molecule has 3 rings (SSSR count). The summed E-state index contributed by atoms with van der Waals surface area (Å²) in [5.41, 5.74) is 0.987. The molecule has 2 aromatic carbocycles. The van der Waals surface area contributed by atoms with Gasteiger partial charge in [-0.25, -0.2) is 0 Å². The van der Waals surface area contributed by atoms with E-state index in [0.717, 1.165) is 50.0 Å². The van der Waals surface area contributed by atoms with Crippen molar-refractivity contribution in [2.24, 2.45) is 0 Å². The van der Waals surface area contributed by atoms with Crippen LogP contribution in [0.2, 0.25) is 0 Å². The molecule has 146 valence electrons. The van der Waals surface area contributed by atoms with E-state index in [1.807, 2.05) is 31.2 Å². The van der Waals surface area contributed by atoms with Crippen molar-refractivity contribution >= 4 is 0 Å². The molecule has 0 amide bonds. The van der Waals surface area contributed by atoms with E-state index in [0.29, 0.717) is 12.2 Å². The monoisotopic (exact) mass is 378 g/mol. The van der Waals surface area contributed by atoms with Crippen LogP contribution in [0.1, 0.15) is 36.1 Å². The van der Waals surface area contributed by atoms with E-state index in [1.54, 1.807) is 6.07 Å². The zero-order valence-electron chi connectivity index (χ0n) is 15.4. The fraction of sp³-hybridized carbons (Fsp3) is 0.429. The van der Waals surface area contributed by atoms with Gasteiger partial charge in [-0.15, -0.1) is 0 Å². The highest BCUT2D eigenvalue weighted by Gasteiger charge is 2.32. The predicted molar refractivity (Wildman–Crippen MR) is 100.0 cm³/mol. The average Bonchev–Trinajstić information content (AvgIpc) is 2.92. The maximum absolute atomic E-state index is 13.3. The number of nitrogens with zero attached hydrogens (tertiary/aromatic N) is 1. The quantitative estimate of drug-likeness (QED) is 0.830. The SMILES string of the molecule is CCOc1cccc(C(c2cccc(C(F)(F)F)c2)N2CCCNCC2)c1. The zero-order valence-corrected chi connectivity index (χ0v) is 15.4. The average molecular weight is 378 g/mol.